The number of anilines is 1. The molecule has 1 aromatic carbocycles. The van der Waals surface area contributed by atoms with Crippen molar-refractivity contribution >= 4 is 35.0 Å². The molecule has 0 saturated heterocycles. The monoisotopic (exact) mass is 453 g/mol. The van der Waals surface area contributed by atoms with E-state index < -0.39 is 5.97 Å². The molecule has 30 heavy (non-hydrogen) atoms. The summed E-state index contributed by atoms with van der Waals surface area (Å²) >= 11 is 7.69. The van der Waals surface area contributed by atoms with Gasteiger partial charge in [-0.3, -0.25) is 0 Å². The van der Waals surface area contributed by atoms with E-state index in [9.17, 15) is 9.90 Å². The molecule has 0 radical (unpaired) electrons. The van der Waals surface area contributed by atoms with Crippen LogP contribution in [0.25, 0.3) is 0 Å². The van der Waals surface area contributed by atoms with Gasteiger partial charge in [-0.2, -0.15) is 0 Å². The third kappa shape index (κ3) is 8.27. The van der Waals surface area contributed by atoms with Crippen molar-refractivity contribution in [2.75, 3.05) is 30.1 Å². The third-order valence-corrected chi connectivity index (χ3v) is 5.69. The molecule has 1 N–H and O–H groups in total. The molecule has 0 aliphatic rings. The zero-order valence-corrected chi connectivity index (χ0v) is 20.5. The SMILES string of the molecule is CC/C=C(C)\C=C(/CCl)Oc1c(SC)cc(C(=O)O)cc1N(CCCC)CCCC. The van der Waals surface area contributed by atoms with Crippen molar-refractivity contribution in [2.45, 2.75) is 64.7 Å². The number of carboxylic acids is 1. The Morgan fingerprint density at radius 3 is 2.30 bits per heavy atom. The predicted octanol–water partition coefficient (Wildman–Crippen LogP) is 7.37. The van der Waals surface area contributed by atoms with Gasteiger partial charge in [-0.05, 0) is 50.7 Å². The molecule has 1 rings (SSSR count). The molecule has 4 nitrogen and oxygen atoms in total. The Hall–Kier alpha value is -1.59. The number of carbonyl (C=O) groups is 1. The summed E-state index contributed by atoms with van der Waals surface area (Å²) in [6.07, 6.45) is 11.2. The second-order valence-electron chi connectivity index (χ2n) is 7.23. The highest BCUT2D eigenvalue weighted by atomic mass is 35.5. The Labute approximate surface area is 191 Å². The van der Waals surface area contributed by atoms with Crippen LogP contribution >= 0.6 is 23.4 Å². The lowest BCUT2D eigenvalue weighted by Gasteiger charge is -2.28. The predicted molar refractivity (Wildman–Crippen MR) is 131 cm³/mol. The molecule has 168 valence electrons. The van der Waals surface area contributed by atoms with E-state index in [2.05, 4.69) is 31.7 Å². The van der Waals surface area contributed by atoms with E-state index in [0.29, 0.717) is 11.5 Å². The van der Waals surface area contributed by atoms with E-state index in [1.165, 1.54) is 11.8 Å². The number of alkyl halides is 1. The number of carboxylic acid groups (broad SMARTS) is 1. The molecule has 1 aromatic rings. The first-order valence-electron chi connectivity index (χ1n) is 10.7. The number of ether oxygens (including phenoxy) is 1. The van der Waals surface area contributed by atoms with E-state index in [4.69, 9.17) is 16.3 Å². The smallest absolute Gasteiger partial charge is 0.335 e. The number of unbranched alkanes of at least 4 members (excludes halogenated alkanes) is 2. The first kappa shape index (κ1) is 26.4. The van der Waals surface area contributed by atoms with E-state index in [0.717, 1.165) is 61.3 Å². The normalized spacial score (nSPS) is 12.2. The van der Waals surface area contributed by atoms with E-state index in [-0.39, 0.29) is 11.4 Å². The summed E-state index contributed by atoms with van der Waals surface area (Å²) in [5.74, 6) is 0.659. The zero-order chi connectivity index (χ0) is 22.5. The minimum Gasteiger partial charge on any atom is -0.478 e. The van der Waals surface area contributed by atoms with Crippen LogP contribution in [0.5, 0.6) is 5.75 Å². The Kier molecular flexibility index (Phi) is 12.7. The van der Waals surface area contributed by atoms with Crippen LogP contribution in [-0.2, 0) is 0 Å². The fraction of sp³-hybridized carbons (Fsp3) is 0.542. The molecule has 0 fully saturated rings. The molecular formula is C24H36ClNO3S. The van der Waals surface area contributed by atoms with Gasteiger partial charge in [0.1, 0.15) is 5.76 Å². The molecule has 0 atom stereocenters. The maximum Gasteiger partial charge on any atom is 0.335 e. The maximum absolute atomic E-state index is 11.8. The molecule has 0 aliphatic carbocycles. The van der Waals surface area contributed by atoms with Gasteiger partial charge in [0.15, 0.2) is 5.75 Å². The van der Waals surface area contributed by atoms with Crippen LogP contribution in [0.3, 0.4) is 0 Å². The van der Waals surface area contributed by atoms with Gasteiger partial charge in [0, 0.05) is 13.1 Å². The zero-order valence-electron chi connectivity index (χ0n) is 19.0. The van der Waals surface area contributed by atoms with Gasteiger partial charge >= 0.3 is 5.97 Å². The number of thioether (sulfide) groups is 1. The average Bonchev–Trinajstić information content (AvgIpc) is 2.73. The molecule has 6 heteroatoms. The Morgan fingerprint density at radius 1 is 1.20 bits per heavy atom. The number of nitrogens with zero attached hydrogens (tertiary/aromatic N) is 1. The maximum atomic E-state index is 11.8. The first-order valence-corrected chi connectivity index (χ1v) is 12.5. The van der Waals surface area contributed by atoms with E-state index in [1.54, 1.807) is 12.1 Å². The van der Waals surface area contributed by atoms with Gasteiger partial charge < -0.3 is 14.7 Å². The fourth-order valence-corrected chi connectivity index (χ4v) is 3.82. The Morgan fingerprint density at radius 2 is 1.83 bits per heavy atom. The minimum atomic E-state index is -0.932. The number of hydrogen-bond donors (Lipinski definition) is 1. The number of hydrogen-bond acceptors (Lipinski definition) is 4. The number of aromatic carboxylic acids is 1. The van der Waals surface area contributed by atoms with Gasteiger partial charge in [0.2, 0.25) is 0 Å². The Balaban J connectivity index is 3.55. The highest BCUT2D eigenvalue weighted by molar-refractivity contribution is 7.98. The molecule has 0 heterocycles. The first-order chi connectivity index (χ1) is 14.4. The summed E-state index contributed by atoms with van der Waals surface area (Å²) < 4.78 is 6.34. The second-order valence-corrected chi connectivity index (χ2v) is 8.34. The molecular weight excluding hydrogens is 418 g/mol. The van der Waals surface area contributed by atoms with Crippen LogP contribution in [-0.4, -0.2) is 36.3 Å². The molecule has 0 spiro atoms. The lowest BCUT2D eigenvalue weighted by atomic mass is 10.1. The lowest BCUT2D eigenvalue weighted by Crippen LogP contribution is -2.26. The van der Waals surface area contributed by atoms with Crippen molar-refractivity contribution in [3.8, 4) is 5.75 Å². The minimum absolute atomic E-state index is 0.243. The summed E-state index contributed by atoms with van der Waals surface area (Å²) in [5.41, 5.74) is 2.20. The van der Waals surface area contributed by atoms with Crippen molar-refractivity contribution in [1.82, 2.24) is 0 Å². The summed E-state index contributed by atoms with van der Waals surface area (Å²) in [7, 11) is 0. The summed E-state index contributed by atoms with van der Waals surface area (Å²) in [6, 6.07) is 3.42. The quantitative estimate of drug-likeness (QED) is 0.138. The van der Waals surface area contributed by atoms with Crippen LogP contribution in [0.4, 0.5) is 5.69 Å². The number of benzene rings is 1. The van der Waals surface area contributed by atoms with E-state index >= 15 is 0 Å². The summed E-state index contributed by atoms with van der Waals surface area (Å²) in [4.78, 5) is 14.8. The standard InChI is InChI=1S/C24H36ClNO3S/c1-6-9-12-26(13-10-7-2)21-15-19(24(27)28)16-22(30-5)23(21)29-20(17-25)14-18(4)11-8-3/h11,14-16H,6-10,12-13,17H2,1-5H3,(H,27,28)/b18-11-,20-14+. The largest absolute Gasteiger partial charge is 0.478 e. The highest BCUT2D eigenvalue weighted by Crippen LogP contribution is 2.40. The van der Waals surface area contributed by atoms with Crippen molar-refractivity contribution in [3.05, 3.63) is 41.2 Å². The molecule has 0 unspecified atom stereocenters. The number of halogens is 1. The lowest BCUT2D eigenvalue weighted by molar-refractivity contribution is 0.0696. The van der Waals surface area contributed by atoms with E-state index in [1.807, 2.05) is 19.3 Å². The van der Waals surface area contributed by atoms with Gasteiger partial charge in [-0.25, -0.2) is 4.79 Å². The van der Waals surface area contributed by atoms with Crippen molar-refractivity contribution in [2.24, 2.45) is 0 Å². The van der Waals surface area contributed by atoms with Crippen LogP contribution < -0.4 is 9.64 Å². The fourth-order valence-electron chi connectivity index (χ4n) is 3.11. The van der Waals surface area contributed by atoms with Crippen LogP contribution in [0, 0.1) is 0 Å². The van der Waals surface area contributed by atoms with Crippen LogP contribution in [0.2, 0.25) is 0 Å². The highest BCUT2D eigenvalue weighted by Gasteiger charge is 2.21. The molecule has 0 bridgehead atoms. The summed E-state index contributed by atoms with van der Waals surface area (Å²) in [6.45, 7) is 10.2. The number of allylic oxidation sites excluding steroid dienone is 4. The molecule has 0 aliphatic heterocycles. The van der Waals surface area contributed by atoms with Gasteiger partial charge in [0.25, 0.3) is 0 Å². The summed E-state index contributed by atoms with van der Waals surface area (Å²) in [5, 5.41) is 9.65. The van der Waals surface area contributed by atoms with Crippen LogP contribution in [0.15, 0.2) is 40.5 Å². The third-order valence-electron chi connectivity index (χ3n) is 4.69. The van der Waals surface area contributed by atoms with Gasteiger partial charge in [0.05, 0.1) is 22.0 Å². The van der Waals surface area contributed by atoms with Crippen molar-refractivity contribution < 1.29 is 14.6 Å². The van der Waals surface area contributed by atoms with Gasteiger partial charge in [-0.15, -0.1) is 23.4 Å². The molecule has 0 aromatic heterocycles. The van der Waals surface area contributed by atoms with Crippen molar-refractivity contribution in [3.63, 3.8) is 0 Å². The molecule has 0 saturated carbocycles. The second kappa shape index (κ2) is 14.4. The van der Waals surface area contributed by atoms with Crippen LogP contribution in [0.1, 0.15) is 70.2 Å². The average molecular weight is 454 g/mol. The van der Waals surface area contributed by atoms with Gasteiger partial charge in [-0.1, -0.05) is 45.3 Å². The Bertz CT molecular complexity index is 738. The topological polar surface area (TPSA) is 49.8 Å². The molecule has 0 amide bonds. The van der Waals surface area contributed by atoms with Crippen molar-refractivity contribution in [1.29, 1.82) is 0 Å². The number of rotatable bonds is 14.